The number of fused-ring (bicyclic) bond motifs is 2. The monoisotopic (exact) mass is 354 g/mol. The van der Waals surface area contributed by atoms with Crippen molar-refractivity contribution in [3.8, 4) is 0 Å². The summed E-state index contributed by atoms with van der Waals surface area (Å²) in [5.74, 6) is 1.24. The number of aryl methyl sites for hydroxylation is 1. The Balaban J connectivity index is 1.66. The maximum Gasteiger partial charge on any atom is 0.132 e. The number of Topliss-reactive ketones (excluding diaryl/α,β-unsaturated/α-hetero) is 1. The normalized spacial score (nSPS) is 25.4. The zero-order chi connectivity index (χ0) is 18.3. The van der Waals surface area contributed by atoms with Crippen LogP contribution in [0.2, 0.25) is 0 Å². The van der Waals surface area contributed by atoms with Gasteiger partial charge < -0.3 is 14.6 Å². The van der Waals surface area contributed by atoms with E-state index in [0.29, 0.717) is 36.5 Å². The molecule has 1 aliphatic carbocycles. The van der Waals surface area contributed by atoms with Crippen LogP contribution in [0.3, 0.4) is 0 Å². The number of piperidine rings is 1. The summed E-state index contributed by atoms with van der Waals surface area (Å²) in [6, 6.07) is 7.23. The second-order valence-electron chi connectivity index (χ2n) is 8.19. The molecular weight excluding hydrogens is 324 g/mol. The fourth-order valence-electron chi connectivity index (χ4n) is 5.17. The second kappa shape index (κ2) is 7.16. The Morgan fingerprint density at radius 1 is 1.35 bits per heavy atom. The first kappa shape index (κ1) is 17.7. The molecule has 0 radical (unpaired) electrons. The summed E-state index contributed by atoms with van der Waals surface area (Å²) < 4.78 is 2.36. The van der Waals surface area contributed by atoms with Gasteiger partial charge in [-0.25, -0.2) is 0 Å². The topological polar surface area (TPSA) is 45.5 Å². The number of rotatable bonds is 6. The van der Waals surface area contributed by atoms with Gasteiger partial charge in [-0.1, -0.05) is 19.1 Å². The highest BCUT2D eigenvalue weighted by molar-refractivity contribution is 5.89. The van der Waals surface area contributed by atoms with Crippen LogP contribution in [0.25, 0.3) is 10.9 Å². The number of ketones is 1. The molecule has 1 saturated heterocycles. The van der Waals surface area contributed by atoms with E-state index in [0.717, 1.165) is 32.4 Å². The molecule has 1 aromatic carbocycles. The van der Waals surface area contributed by atoms with Crippen LogP contribution in [-0.2, 0) is 17.8 Å². The summed E-state index contributed by atoms with van der Waals surface area (Å²) in [5, 5.41) is 11.1. The van der Waals surface area contributed by atoms with E-state index < -0.39 is 0 Å². The SMILES string of the molecule is CCC(=O)CCCn1cc2c3c(cccc31)[C@H]1C[C@@H](CO)CN(C)[C@@H]1C2. The van der Waals surface area contributed by atoms with Crippen molar-refractivity contribution in [2.45, 2.75) is 57.5 Å². The molecule has 0 amide bonds. The molecule has 1 aromatic heterocycles. The third-order valence-electron chi connectivity index (χ3n) is 6.52. The average molecular weight is 354 g/mol. The highest BCUT2D eigenvalue weighted by Crippen LogP contribution is 2.44. The molecule has 0 saturated carbocycles. The van der Waals surface area contributed by atoms with Gasteiger partial charge in [0.1, 0.15) is 5.78 Å². The standard InChI is InChI=1S/C22H30N2O2/c1-3-17(26)6-5-9-24-13-16-11-21-19(10-15(14-25)12-23(21)2)18-7-4-8-20(24)22(16)18/h4,7-8,13,15,19,21,25H,3,5-6,9-12,14H2,1-2H3/t15-,19-,21-/m1/s1. The smallest absolute Gasteiger partial charge is 0.132 e. The van der Waals surface area contributed by atoms with E-state index in [9.17, 15) is 9.90 Å². The molecule has 140 valence electrons. The second-order valence-corrected chi connectivity index (χ2v) is 8.19. The van der Waals surface area contributed by atoms with Gasteiger partial charge in [0, 0.05) is 61.6 Å². The lowest BCUT2D eigenvalue weighted by molar-refractivity contribution is -0.118. The summed E-state index contributed by atoms with van der Waals surface area (Å²) in [5.41, 5.74) is 4.23. The minimum atomic E-state index is 0.281. The Hall–Kier alpha value is -1.65. The van der Waals surface area contributed by atoms with Crippen LogP contribution in [0.5, 0.6) is 0 Å². The maximum atomic E-state index is 11.6. The van der Waals surface area contributed by atoms with Gasteiger partial charge in [-0.3, -0.25) is 4.79 Å². The van der Waals surface area contributed by atoms with Crippen molar-refractivity contribution >= 4 is 16.7 Å². The van der Waals surface area contributed by atoms with Crippen LogP contribution >= 0.6 is 0 Å². The lowest BCUT2D eigenvalue weighted by Gasteiger charge is -2.45. The van der Waals surface area contributed by atoms with Gasteiger partial charge in [-0.15, -0.1) is 0 Å². The number of aliphatic hydroxyl groups is 1. The number of carbonyl (C=O) groups is 1. The van der Waals surface area contributed by atoms with Crippen LogP contribution in [0, 0.1) is 5.92 Å². The molecule has 1 N–H and O–H groups in total. The van der Waals surface area contributed by atoms with Gasteiger partial charge in [-0.2, -0.15) is 0 Å². The number of nitrogens with zero attached hydrogens (tertiary/aromatic N) is 2. The number of aromatic nitrogens is 1. The fraction of sp³-hybridized carbons (Fsp3) is 0.591. The zero-order valence-electron chi connectivity index (χ0n) is 15.9. The highest BCUT2D eigenvalue weighted by atomic mass is 16.3. The van der Waals surface area contributed by atoms with E-state index in [1.54, 1.807) is 0 Å². The van der Waals surface area contributed by atoms with Crippen molar-refractivity contribution in [3.63, 3.8) is 0 Å². The molecule has 4 rings (SSSR count). The van der Waals surface area contributed by atoms with E-state index >= 15 is 0 Å². The Morgan fingerprint density at radius 2 is 2.19 bits per heavy atom. The number of aliphatic hydroxyl groups excluding tert-OH is 1. The molecule has 1 fully saturated rings. The van der Waals surface area contributed by atoms with Gasteiger partial charge in [0.05, 0.1) is 0 Å². The zero-order valence-corrected chi connectivity index (χ0v) is 15.9. The maximum absolute atomic E-state index is 11.6. The molecule has 2 aliphatic rings. The molecule has 2 heterocycles. The van der Waals surface area contributed by atoms with E-state index in [-0.39, 0.29) is 6.61 Å². The number of benzene rings is 1. The summed E-state index contributed by atoms with van der Waals surface area (Å²) in [6.45, 7) is 4.12. The van der Waals surface area contributed by atoms with Gasteiger partial charge in [0.2, 0.25) is 0 Å². The van der Waals surface area contributed by atoms with Crippen molar-refractivity contribution in [2.24, 2.45) is 5.92 Å². The quantitative estimate of drug-likeness (QED) is 0.865. The summed E-state index contributed by atoms with van der Waals surface area (Å²) in [6.07, 6.45) is 6.74. The molecule has 0 spiro atoms. The lowest BCUT2D eigenvalue weighted by Crippen LogP contribution is -2.48. The summed E-state index contributed by atoms with van der Waals surface area (Å²) in [7, 11) is 2.21. The molecule has 4 nitrogen and oxygen atoms in total. The molecule has 3 atom stereocenters. The molecule has 0 bridgehead atoms. The Kier molecular flexibility index (Phi) is 4.89. The number of likely N-dealkylation sites (tertiary alicyclic amines) is 1. The van der Waals surface area contributed by atoms with Crippen molar-refractivity contribution < 1.29 is 9.90 Å². The third-order valence-corrected chi connectivity index (χ3v) is 6.52. The van der Waals surface area contributed by atoms with Gasteiger partial charge in [-0.05, 0) is 49.4 Å². The first-order chi connectivity index (χ1) is 12.6. The third kappa shape index (κ3) is 2.99. The predicted octanol–water partition coefficient (Wildman–Crippen LogP) is 3.35. The summed E-state index contributed by atoms with van der Waals surface area (Å²) >= 11 is 0. The van der Waals surface area contributed by atoms with Crippen LogP contribution in [-0.4, -0.2) is 46.6 Å². The van der Waals surface area contributed by atoms with Crippen LogP contribution in [0.4, 0.5) is 0 Å². The first-order valence-corrected chi connectivity index (χ1v) is 10.1. The molecule has 1 aliphatic heterocycles. The van der Waals surface area contributed by atoms with Crippen LogP contribution < -0.4 is 0 Å². The molecule has 2 aromatic rings. The highest BCUT2D eigenvalue weighted by Gasteiger charge is 2.39. The number of carbonyl (C=O) groups excluding carboxylic acids is 1. The fourth-order valence-corrected chi connectivity index (χ4v) is 5.17. The van der Waals surface area contributed by atoms with Gasteiger partial charge >= 0.3 is 0 Å². The Bertz CT molecular complexity index is 810. The minimum Gasteiger partial charge on any atom is -0.396 e. The summed E-state index contributed by atoms with van der Waals surface area (Å²) in [4.78, 5) is 14.1. The molecular formula is C22H30N2O2. The Morgan fingerprint density at radius 3 is 2.96 bits per heavy atom. The largest absolute Gasteiger partial charge is 0.396 e. The first-order valence-electron chi connectivity index (χ1n) is 10.1. The Labute approximate surface area is 155 Å². The van der Waals surface area contributed by atoms with E-state index in [4.69, 9.17) is 0 Å². The molecule has 4 heteroatoms. The van der Waals surface area contributed by atoms with Crippen molar-refractivity contribution in [3.05, 3.63) is 35.5 Å². The molecule has 26 heavy (non-hydrogen) atoms. The lowest BCUT2D eigenvalue weighted by atomic mass is 9.72. The van der Waals surface area contributed by atoms with Gasteiger partial charge in [0.15, 0.2) is 0 Å². The van der Waals surface area contributed by atoms with Crippen LogP contribution in [0.15, 0.2) is 24.4 Å². The molecule has 0 unspecified atom stereocenters. The minimum absolute atomic E-state index is 0.281. The number of likely N-dealkylation sites (N-methyl/N-ethyl adjacent to an activating group) is 1. The predicted molar refractivity (Wildman–Crippen MR) is 105 cm³/mol. The van der Waals surface area contributed by atoms with Crippen molar-refractivity contribution in [1.82, 2.24) is 9.47 Å². The van der Waals surface area contributed by atoms with E-state index in [1.807, 2.05) is 6.92 Å². The van der Waals surface area contributed by atoms with E-state index in [1.165, 1.54) is 22.0 Å². The van der Waals surface area contributed by atoms with Gasteiger partial charge in [0.25, 0.3) is 0 Å². The van der Waals surface area contributed by atoms with E-state index in [2.05, 4.69) is 40.9 Å². The van der Waals surface area contributed by atoms with Crippen molar-refractivity contribution in [2.75, 3.05) is 20.2 Å². The number of hydrogen-bond donors (Lipinski definition) is 1. The van der Waals surface area contributed by atoms with Crippen LogP contribution in [0.1, 0.15) is 49.7 Å². The number of hydrogen-bond acceptors (Lipinski definition) is 3. The average Bonchev–Trinajstić information content (AvgIpc) is 3.01. The van der Waals surface area contributed by atoms with Crippen molar-refractivity contribution in [1.29, 1.82) is 0 Å².